The van der Waals surface area contributed by atoms with E-state index in [9.17, 15) is 4.79 Å². The Labute approximate surface area is 210 Å². The van der Waals surface area contributed by atoms with Gasteiger partial charge in [-0.15, -0.1) is 0 Å². The number of anilines is 1. The van der Waals surface area contributed by atoms with Crippen LogP contribution in [0.2, 0.25) is 0 Å². The first-order chi connectivity index (χ1) is 16.6. The van der Waals surface area contributed by atoms with Gasteiger partial charge in [-0.05, 0) is 81.7 Å². The molecule has 7 heteroatoms. The van der Waals surface area contributed by atoms with Gasteiger partial charge in [0, 0.05) is 15.7 Å². The second-order valence-corrected chi connectivity index (χ2v) is 8.80. The standard InChI is InChI=1S/C27H18BrN3O2S/c28-22-9-5-4-8-21(22)25(32)31-27(34)29-20-14-15-24-23(16-20)30-26(33-24)19-12-10-18(11-13-19)17-6-2-1-3-7-17/h1-16H,(H2,29,31,32,34). The Morgan fingerprint density at radius 1 is 0.824 bits per heavy atom. The molecule has 1 heterocycles. The highest BCUT2D eigenvalue weighted by Crippen LogP contribution is 2.28. The molecule has 0 aliphatic rings. The zero-order valence-electron chi connectivity index (χ0n) is 17.8. The molecule has 0 saturated heterocycles. The van der Waals surface area contributed by atoms with Gasteiger partial charge in [0.15, 0.2) is 10.7 Å². The lowest BCUT2D eigenvalue weighted by atomic mass is 10.0. The van der Waals surface area contributed by atoms with Gasteiger partial charge in [0.05, 0.1) is 5.56 Å². The van der Waals surface area contributed by atoms with E-state index in [1.807, 2.05) is 54.6 Å². The molecule has 0 aliphatic carbocycles. The van der Waals surface area contributed by atoms with Crippen molar-refractivity contribution in [1.29, 1.82) is 0 Å². The molecule has 0 radical (unpaired) electrons. The summed E-state index contributed by atoms with van der Waals surface area (Å²) < 4.78 is 6.65. The third-order valence-corrected chi connectivity index (χ3v) is 6.13. The fourth-order valence-electron chi connectivity index (χ4n) is 3.54. The zero-order chi connectivity index (χ0) is 23.5. The normalized spacial score (nSPS) is 10.7. The van der Waals surface area contributed by atoms with Crippen molar-refractivity contribution in [3.8, 4) is 22.6 Å². The van der Waals surface area contributed by atoms with Crippen molar-refractivity contribution in [3.05, 3.63) is 107 Å². The summed E-state index contributed by atoms with van der Waals surface area (Å²) in [5.74, 6) is 0.241. The van der Waals surface area contributed by atoms with Gasteiger partial charge < -0.3 is 9.73 Å². The highest BCUT2D eigenvalue weighted by Gasteiger charge is 2.13. The van der Waals surface area contributed by atoms with Crippen LogP contribution in [-0.2, 0) is 0 Å². The Hall–Kier alpha value is -3.81. The Bertz CT molecular complexity index is 1500. The molecule has 5 aromatic rings. The minimum Gasteiger partial charge on any atom is -0.436 e. The van der Waals surface area contributed by atoms with Crippen LogP contribution in [0.1, 0.15) is 10.4 Å². The molecule has 1 amide bonds. The van der Waals surface area contributed by atoms with E-state index < -0.39 is 0 Å². The number of carbonyl (C=O) groups excluding carboxylic acids is 1. The van der Waals surface area contributed by atoms with Crippen LogP contribution < -0.4 is 10.6 Å². The van der Waals surface area contributed by atoms with Crippen LogP contribution in [0.3, 0.4) is 0 Å². The van der Waals surface area contributed by atoms with Crippen molar-refractivity contribution in [2.24, 2.45) is 0 Å². The number of nitrogens with one attached hydrogen (secondary N) is 2. The fraction of sp³-hybridized carbons (Fsp3) is 0. The van der Waals surface area contributed by atoms with Crippen molar-refractivity contribution in [1.82, 2.24) is 10.3 Å². The van der Waals surface area contributed by atoms with Crippen LogP contribution in [0.5, 0.6) is 0 Å². The minimum absolute atomic E-state index is 0.195. The van der Waals surface area contributed by atoms with E-state index in [2.05, 4.69) is 55.8 Å². The van der Waals surface area contributed by atoms with E-state index >= 15 is 0 Å². The smallest absolute Gasteiger partial charge is 0.258 e. The summed E-state index contributed by atoms with van der Waals surface area (Å²) in [4.78, 5) is 17.1. The third kappa shape index (κ3) is 4.76. The molecule has 0 atom stereocenters. The summed E-state index contributed by atoms with van der Waals surface area (Å²) >= 11 is 8.69. The SMILES string of the molecule is O=C(NC(=S)Nc1ccc2oc(-c3ccc(-c4ccccc4)cc3)nc2c1)c1ccccc1Br. The van der Waals surface area contributed by atoms with Crippen molar-refractivity contribution in [2.45, 2.75) is 0 Å². The summed E-state index contributed by atoms with van der Waals surface area (Å²) in [6, 6.07) is 30.9. The van der Waals surface area contributed by atoms with Crippen molar-refractivity contribution >= 4 is 56.0 Å². The number of fused-ring (bicyclic) bond motifs is 1. The maximum atomic E-state index is 12.5. The fourth-order valence-corrected chi connectivity index (χ4v) is 4.22. The second-order valence-electron chi connectivity index (χ2n) is 7.53. The number of oxazole rings is 1. The number of nitrogens with zero attached hydrogens (tertiary/aromatic N) is 1. The first kappa shape index (κ1) is 22.0. The summed E-state index contributed by atoms with van der Waals surface area (Å²) in [5.41, 5.74) is 5.73. The number of rotatable bonds is 4. The monoisotopic (exact) mass is 527 g/mol. The van der Waals surface area contributed by atoms with Crippen LogP contribution in [0.4, 0.5) is 5.69 Å². The van der Waals surface area contributed by atoms with E-state index in [0.29, 0.717) is 32.7 Å². The molecule has 4 aromatic carbocycles. The van der Waals surface area contributed by atoms with Crippen LogP contribution in [0.15, 0.2) is 106 Å². The van der Waals surface area contributed by atoms with Crippen LogP contribution in [0, 0.1) is 0 Å². The average molecular weight is 528 g/mol. The van der Waals surface area contributed by atoms with Gasteiger partial charge in [-0.3, -0.25) is 10.1 Å². The molecule has 0 aliphatic heterocycles. The maximum Gasteiger partial charge on any atom is 0.258 e. The molecule has 34 heavy (non-hydrogen) atoms. The second kappa shape index (κ2) is 9.59. The summed E-state index contributed by atoms with van der Waals surface area (Å²) in [5, 5.41) is 5.92. The molecule has 5 nitrogen and oxygen atoms in total. The maximum absolute atomic E-state index is 12.5. The molecule has 0 saturated carbocycles. The molecule has 0 spiro atoms. The van der Waals surface area contributed by atoms with Gasteiger partial charge in [0.25, 0.3) is 5.91 Å². The number of benzene rings is 4. The first-order valence-corrected chi connectivity index (χ1v) is 11.7. The molecule has 2 N–H and O–H groups in total. The van der Waals surface area contributed by atoms with Gasteiger partial charge in [-0.25, -0.2) is 4.98 Å². The van der Waals surface area contributed by atoms with Gasteiger partial charge >= 0.3 is 0 Å². The zero-order valence-corrected chi connectivity index (χ0v) is 20.2. The van der Waals surface area contributed by atoms with Crippen molar-refractivity contribution < 1.29 is 9.21 Å². The number of hydrogen-bond acceptors (Lipinski definition) is 4. The van der Waals surface area contributed by atoms with Crippen LogP contribution >= 0.6 is 28.1 Å². The largest absolute Gasteiger partial charge is 0.436 e. The first-order valence-electron chi connectivity index (χ1n) is 10.5. The molecule has 0 fully saturated rings. The van der Waals surface area contributed by atoms with Gasteiger partial charge in [0.1, 0.15) is 5.52 Å². The van der Waals surface area contributed by atoms with Crippen molar-refractivity contribution in [3.63, 3.8) is 0 Å². The topological polar surface area (TPSA) is 67.2 Å². The number of thiocarbonyl (C=S) groups is 1. The summed E-state index contributed by atoms with van der Waals surface area (Å²) in [7, 11) is 0. The molecule has 0 unspecified atom stereocenters. The van der Waals surface area contributed by atoms with E-state index in [4.69, 9.17) is 16.6 Å². The van der Waals surface area contributed by atoms with Gasteiger partial charge in [-0.1, -0.05) is 54.6 Å². The lowest BCUT2D eigenvalue weighted by Gasteiger charge is -2.10. The highest BCUT2D eigenvalue weighted by molar-refractivity contribution is 9.10. The average Bonchev–Trinajstić information content (AvgIpc) is 3.28. The Balaban J connectivity index is 1.30. The van der Waals surface area contributed by atoms with Gasteiger partial charge in [0.2, 0.25) is 5.89 Å². The lowest BCUT2D eigenvalue weighted by Crippen LogP contribution is -2.34. The Morgan fingerprint density at radius 2 is 1.50 bits per heavy atom. The van der Waals surface area contributed by atoms with E-state index in [1.54, 1.807) is 18.2 Å². The van der Waals surface area contributed by atoms with E-state index in [1.165, 1.54) is 0 Å². The Kier molecular flexibility index (Phi) is 6.20. The molecule has 1 aromatic heterocycles. The summed E-state index contributed by atoms with van der Waals surface area (Å²) in [6.07, 6.45) is 0. The number of halogens is 1. The third-order valence-electron chi connectivity index (χ3n) is 5.23. The number of amides is 1. The minimum atomic E-state index is -0.297. The van der Waals surface area contributed by atoms with Gasteiger partial charge in [-0.2, -0.15) is 0 Å². The number of aromatic nitrogens is 1. The summed E-state index contributed by atoms with van der Waals surface area (Å²) in [6.45, 7) is 0. The molecular weight excluding hydrogens is 510 g/mol. The molecule has 166 valence electrons. The van der Waals surface area contributed by atoms with E-state index in [-0.39, 0.29) is 11.0 Å². The number of hydrogen-bond donors (Lipinski definition) is 2. The highest BCUT2D eigenvalue weighted by atomic mass is 79.9. The molecular formula is C27H18BrN3O2S. The predicted octanol–water partition coefficient (Wildman–Crippen LogP) is 7.05. The predicted molar refractivity (Wildman–Crippen MR) is 143 cm³/mol. The number of carbonyl (C=O) groups is 1. The molecule has 5 rings (SSSR count). The van der Waals surface area contributed by atoms with Crippen molar-refractivity contribution in [2.75, 3.05) is 5.32 Å². The lowest BCUT2D eigenvalue weighted by molar-refractivity contribution is 0.0977. The Morgan fingerprint density at radius 3 is 2.26 bits per heavy atom. The van der Waals surface area contributed by atoms with E-state index in [0.717, 1.165) is 16.7 Å². The quantitative estimate of drug-likeness (QED) is 0.245. The molecule has 0 bridgehead atoms. The van der Waals surface area contributed by atoms with Crippen LogP contribution in [-0.4, -0.2) is 16.0 Å². The van der Waals surface area contributed by atoms with Crippen LogP contribution in [0.25, 0.3) is 33.7 Å².